The van der Waals surface area contributed by atoms with E-state index in [1.165, 1.54) is 5.56 Å². The van der Waals surface area contributed by atoms with E-state index in [1.807, 2.05) is 23.6 Å². The minimum absolute atomic E-state index is 0.0232. The molecular weight excluding hydrogens is 370 g/mol. The molecule has 0 saturated carbocycles. The van der Waals surface area contributed by atoms with Crippen molar-refractivity contribution in [3.05, 3.63) is 23.4 Å². The van der Waals surface area contributed by atoms with Crippen molar-refractivity contribution in [2.45, 2.75) is 39.7 Å². The predicted molar refractivity (Wildman–Crippen MR) is 111 cm³/mol. The van der Waals surface area contributed by atoms with E-state index in [4.69, 9.17) is 29.3 Å². The van der Waals surface area contributed by atoms with Crippen molar-refractivity contribution < 1.29 is 14.2 Å². The number of methoxy groups -OCH3 is 3. The van der Waals surface area contributed by atoms with E-state index in [0.29, 0.717) is 28.9 Å². The third kappa shape index (κ3) is 3.03. The summed E-state index contributed by atoms with van der Waals surface area (Å²) in [6.07, 6.45) is 0.959. The van der Waals surface area contributed by atoms with Crippen LogP contribution in [-0.2, 0) is 6.42 Å². The third-order valence-electron chi connectivity index (χ3n) is 5.34. The Morgan fingerprint density at radius 3 is 2.17 bits per heavy atom. The molecule has 0 spiro atoms. The van der Waals surface area contributed by atoms with Crippen LogP contribution >= 0.6 is 0 Å². The SMILES string of the molecule is COc1cc(-c2nc3nc(C)c4c(n3n2)N(C(C)(C)C)CC4)cc(OC)c1OC. The van der Waals surface area contributed by atoms with E-state index in [-0.39, 0.29) is 5.54 Å². The summed E-state index contributed by atoms with van der Waals surface area (Å²) >= 11 is 0. The molecule has 8 nitrogen and oxygen atoms in total. The molecule has 1 aliphatic rings. The fraction of sp³-hybridized carbons (Fsp3) is 0.476. The van der Waals surface area contributed by atoms with Crippen molar-refractivity contribution in [2.75, 3.05) is 32.8 Å². The van der Waals surface area contributed by atoms with Gasteiger partial charge in [-0.25, -0.2) is 4.98 Å². The van der Waals surface area contributed by atoms with Crippen molar-refractivity contribution in [1.82, 2.24) is 19.6 Å². The second kappa shape index (κ2) is 6.79. The topological polar surface area (TPSA) is 74.0 Å². The molecule has 0 saturated heterocycles. The zero-order valence-corrected chi connectivity index (χ0v) is 18.0. The van der Waals surface area contributed by atoms with Gasteiger partial charge in [-0.15, -0.1) is 5.10 Å². The van der Waals surface area contributed by atoms with Gasteiger partial charge in [0.2, 0.25) is 5.75 Å². The number of ether oxygens (including phenoxy) is 3. The zero-order chi connectivity index (χ0) is 20.9. The van der Waals surface area contributed by atoms with Gasteiger partial charge in [-0.05, 0) is 46.2 Å². The number of aromatic nitrogens is 4. The molecule has 0 atom stereocenters. The summed E-state index contributed by atoms with van der Waals surface area (Å²) in [7, 11) is 4.77. The Hall–Kier alpha value is -3.03. The number of aryl methyl sites for hydroxylation is 1. The van der Waals surface area contributed by atoms with Crippen molar-refractivity contribution >= 4 is 11.6 Å². The number of anilines is 1. The standard InChI is InChI=1S/C21H27N5O3/c1-12-14-8-9-25(21(2,3)4)19(14)26-20(22-12)23-18(24-26)13-10-15(27-5)17(29-7)16(11-13)28-6/h10-11H,8-9H2,1-7H3. The second-order valence-corrected chi connectivity index (χ2v) is 8.13. The van der Waals surface area contributed by atoms with Crippen molar-refractivity contribution in [1.29, 1.82) is 0 Å². The molecule has 3 aromatic rings. The molecule has 1 aliphatic heterocycles. The monoisotopic (exact) mass is 397 g/mol. The van der Waals surface area contributed by atoms with Crippen LogP contribution in [0.4, 0.5) is 5.82 Å². The molecule has 154 valence electrons. The molecule has 3 heterocycles. The summed E-state index contributed by atoms with van der Waals surface area (Å²) in [6.45, 7) is 9.61. The normalized spacial score (nSPS) is 13.7. The summed E-state index contributed by atoms with van der Waals surface area (Å²) in [5, 5.41) is 4.82. The Balaban J connectivity index is 1.92. The maximum Gasteiger partial charge on any atom is 0.254 e. The largest absolute Gasteiger partial charge is 0.493 e. The van der Waals surface area contributed by atoms with Gasteiger partial charge in [-0.1, -0.05) is 0 Å². The van der Waals surface area contributed by atoms with Gasteiger partial charge < -0.3 is 19.1 Å². The molecule has 0 bridgehead atoms. The van der Waals surface area contributed by atoms with Gasteiger partial charge in [0, 0.05) is 28.9 Å². The minimum Gasteiger partial charge on any atom is -0.493 e. The van der Waals surface area contributed by atoms with Crippen LogP contribution in [0.5, 0.6) is 17.2 Å². The first-order chi connectivity index (χ1) is 13.8. The van der Waals surface area contributed by atoms with Crippen molar-refractivity contribution in [3.8, 4) is 28.6 Å². The smallest absolute Gasteiger partial charge is 0.254 e. The fourth-order valence-corrected chi connectivity index (χ4v) is 3.91. The van der Waals surface area contributed by atoms with Gasteiger partial charge in [0.25, 0.3) is 5.78 Å². The van der Waals surface area contributed by atoms with Gasteiger partial charge in [-0.2, -0.15) is 9.50 Å². The van der Waals surface area contributed by atoms with Gasteiger partial charge in [0.05, 0.1) is 21.3 Å². The molecule has 0 fully saturated rings. The fourth-order valence-electron chi connectivity index (χ4n) is 3.91. The summed E-state index contributed by atoms with van der Waals surface area (Å²) in [6, 6.07) is 3.70. The quantitative estimate of drug-likeness (QED) is 0.669. The Labute approximate surface area is 170 Å². The maximum atomic E-state index is 5.48. The van der Waals surface area contributed by atoms with E-state index >= 15 is 0 Å². The molecule has 4 rings (SSSR count). The molecule has 0 aliphatic carbocycles. The van der Waals surface area contributed by atoms with E-state index in [9.17, 15) is 0 Å². The van der Waals surface area contributed by atoms with Gasteiger partial charge in [-0.3, -0.25) is 0 Å². The molecule has 8 heteroatoms. The van der Waals surface area contributed by atoms with Crippen LogP contribution in [0.2, 0.25) is 0 Å². The van der Waals surface area contributed by atoms with Crippen LogP contribution in [0.3, 0.4) is 0 Å². The van der Waals surface area contributed by atoms with Gasteiger partial charge in [0.15, 0.2) is 17.3 Å². The second-order valence-electron chi connectivity index (χ2n) is 8.13. The average molecular weight is 397 g/mol. The maximum absolute atomic E-state index is 5.48. The van der Waals surface area contributed by atoms with E-state index in [2.05, 4.69) is 25.7 Å². The number of hydrogen-bond donors (Lipinski definition) is 0. The lowest BCUT2D eigenvalue weighted by Crippen LogP contribution is -2.41. The van der Waals surface area contributed by atoms with Crippen LogP contribution in [-0.4, -0.2) is 53.0 Å². The van der Waals surface area contributed by atoms with Crippen LogP contribution in [0.25, 0.3) is 17.2 Å². The Morgan fingerprint density at radius 2 is 1.62 bits per heavy atom. The van der Waals surface area contributed by atoms with E-state index in [1.54, 1.807) is 21.3 Å². The molecular formula is C21H27N5O3. The molecule has 2 aromatic heterocycles. The first-order valence-corrected chi connectivity index (χ1v) is 9.62. The van der Waals surface area contributed by atoms with E-state index < -0.39 is 0 Å². The third-order valence-corrected chi connectivity index (χ3v) is 5.34. The van der Waals surface area contributed by atoms with Crippen LogP contribution in [0.1, 0.15) is 32.0 Å². The zero-order valence-electron chi connectivity index (χ0n) is 18.0. The van der Waals surface area contributed by atoms with Gasteiger partial charge in [0.1, 0.15) is 5.82 Å². The van der Waals surface area contributed by atoms with Crippen LogP contribution in [0.15, 0.2) is 12.1 Å². The summed E-state index contributed by atoms with van der Waals surface area (Å²) < 4.78 is 18.2. The molecule has 0 radical (unpaired) electrons. The highest BCUT2D eigenvalue weighted by Gasteiger charge is 2.33. The average Bonchev–Trinajstić information content (AvgIpc) is 3.30. The molecule has 1 aromatic carbocycles. The highest BCUT2D eigenvalue weighted by atomic mass is 16.5. The van der Waals surface area contributed by atoms with Gasteiger partial charge >= 0.3 is 0 Å². The lowest BCUT2D eigenvalue weighted by molar-refractivity contribution is 0.324. The first kappa shape index (κ1) is 19.3. The molecule has 0 unspecified atom stereocenters. The lowest BCUT2D eigenvalue weighted by atomic mass is 10.1. The Bertz CT molecular complexity index is 1060. The summed E-state index contributed by atoms with van der Waals surface area (Å²) in [4.78, 5) is 11.8. The van der Waals surface area contributed by atoms with Crippen molar-refractivity contribution in [2.24, 2.45) is 0 Å². The number of nitrogens with zero attached hydrogens (tertiary/aromatic N) is 5. The Kier molecular flexibility index (Phi) is 4.52. The molecule has 29 heavy (non-hydrogen) atoms. The number of rotatable bonds is 4. The molecule has 0 amide bonds. The summed E-state index contributed by atoms with van der Waals surface area (Å²) in [5.41, 5.74) is 2.98. The number of hydrogen-bond acceptors (Lipinski definition) is 7. The summed E-state index contributed by atoms with van der Waals surface area (Å²) in [5.74, 6) is 3.88. The Morgan fingerprint density at radius 1 is 0.966 bits per heavy atom. The first-order valence-electron chi connectivity index (χ1n) is 9.62. The number of fused-ring (bicyclic) bond motifs is 3. The predicted octanol–water partition coefficient (Wildman–Crippen LogP) is 3.29. The van der Waals surface area contributed by atoms with Crippen molar-refractivity contribution in [3.63, 3.8) is 0 Å². The highest BCUT2D eigenvalue weighted by molar-refractivity contribution is 5.69. The number of benzene rings is 1. The lowest BCUT2D eigenvalue weighted by Gasteiger charge is -2.34. The van der Waals surface area contributed by atoms with E-state index in [0.717, 1.165) is 30.0 Å². The highest BCUT2D eigenvalue weighted by Crippen LogP contribution is 2.41. The van der Waals surface area contributed by atoms with Crippen LogP contribution < -0.4 is 19.1 Å². The molecule has 0 N–H and O–H groups in total. The minimum atomic E-state index is -0.0232. The van der Waals surface area contributed by atoms with Crippen LogP contribution in [0, 0.1) is 6.92 Å².